The van der Waals surface area contributed by atoms with Crippen molar-refractivity contribution in [2.45, 2.75) is 17.8 Å². The van der Waals surface area contributed by atoms with E-state index in [-0.39, 0.29) is 0 Å². The molecule has 0 bridgehead atoms. The minimum atomic E-state index is -6.57. The van der Waals surface area contributed by atoms with Gasteiger partial charge in [0.2, 0.25) is 0 Å². The predicted octanol–water partition coefficient (Wildman–Crippen LogP) is 3.62. The second kappa shape index (κ2) is 6.36. The molecule has 0 saturated heterocycles. The number of carboxylic acid groups (broad SMARTS) is 1. The summed E-state index contributed by atoms with van der Waals surface area (Å²) < 4.78 is 85.6. The van der Waals surface area contributed by atoms with Crippen LogP contribution >= 0.6 is 11.3 Å². The summed E-state index contributed by atoms with van der Waals surface area (Å²) >= 11 is 1.33. The highest BCUT2D eigenvalue weighted by atomic mass is 32.1. The Kier molecular flexibility index (Phi) is 4.53. The molecule has 0 radical (unpaired) electrons. The number of rotatable bonds is 5. The first-order valence-corrected chi connectivity index (χ1v) is 8.19. The largest absolute Gasteiger partial charge is 0.544 e. The topological polar surface area (TPSA) is 66.4 Å². The quantitative estimate of drug-likeness (QED) is 0.359. The second-order valence-electron chi connectivity index (χ2n) is 5.66. The first-order valence-electron chi connectivity index (χ1n) is 7.38. The van der Waals surface area contributed by atoms with E-state index in [1.807, 2.05) is 0 Å². The average Bonchev–Trinajstić information content (AvgIpc) is 2.99. The van der Waals surface area contributed by atoms with Crippen LogP contribution in [0.4, 0.5) is 26.3 Å². The summed E-state index contributed by atoms with van der Waals surface area (Å²) in [5, 5.41) is 11.2. The van der Waals surface area contributed by atoms with Gasteiger partial charge >= 0.3 is 23.7 Å². The summed E-state index contributed by atoms with van der Waals surface area (Å²) in [4.78, 5) is 21.6. The highest BCUT2D eigenvalue weighted by Gasteiger charge is 2.76. The Morgan fingerprint density at radius 1 is 0.857 bits per heavy atom. The first-order chi connectivity index (χ1) is 12.9. The van der Waals surface area contributed by atoms with E-state index in [0.29, 0.717) is 15.5 Å². The van der Waals surface area contributed by atoms with Gasteiger partial charge < -0.3 is 14.6 Å². The van der Waals surface area contributed by atoms with Crippen molar-refractivity contribution in [2.75, 3.05) is 0 Å². The molecule has 0 spiro atoms. The fourth-order valence-corrected chi connectivity index (χ4v) is 3.48. The van der Waals surface area contributed by atoms with E-state index in [0.717, 1.165) is 16.8 Å². The second-order valence-corrected chi connectivity index (χ2v) is 6.74. The molecular formula is C17H7F6O4S-. The molecule has 0 saturated carbocycles. The molecule has 11 heteroatoms. The van der Waals surface area contributed by atoms with Gasteiger partial charge in [0.05, 0.1) is 0 Å². The van der Waals surface area contributed by atoms with E-state index in [9.17, 15) is 41.0 Å². The van der Waals surface area contributed by atoms with Crippen molar-refractivity contribution in [3.63, 3.8) is 0 Å². The van der Waals surface area contributed by atoms with Crippen LogP contribution in [0, 0.1) is 0 Å². The number of aliphatic carboxylic acids is 1. The van der Waals surface area contributed by atoms with Gasteiger partial charge in [0.15, 0.2) is 0 Å². The Hall–Kier alpha value is -2.82. The number of hydrogen-bond acceptors (Lipinski definition) is 5. The maximum Gasteiger partial charge on any atom is 0.411 e. The van der Waals surface area contributed by atoms with E-state index in [1.54, 1.807) is 24.3 Å². The summed E-state index contributed by atoms with van der Waals surface area (Å²) in [5.41, 5.74) is 0. The number of fused-ring (bicyclic) bond motifs is 3. The molecule has 1 aromatic heterocycles. The molecule has 3 rings (SSSR count). The maximum atomic E-state index is 13.6. The average molecular weight is 421 g/mol. The summed E-state index contributed by atoms with van der Waals surface area (Å²) in [7, 11) is 0. The summed E-state index contributed by atoms with van der Waals surface area (Å²) in [6.07, 6.45) is 0. The molecule has 148 valence electrons. The van der Waals surface area contributed by atoms with Gasteiger partial charge in [-0.1, -0.05) is 18.2 Å². The zero-order valence-electron chi connectivity index (χ0n) is 13.4. The number of hydrogen-bond donors (Lipinski definition) is 0. The molecule has 0 aliphatic heterocycles. The van der Waals surface area contributed by atoms with Crippen LogP contribution in [0.25, 0.3) is 20.2 Å². The summed E-state index contributed by atoms with van der Waals surface area (Å²) in [6, 6.07) is 10.4. The number of alkyl halides is 6. The van der Waals surface area contributed by atoms with Crippen LogP contribution in [-0.4, -0.2) is 29.7 Å². The molecule has 0 aliphatic carbocycles. The lowest BCUT2D eigenvalue weighted by Gasteiger charge is -2.31. The molecule has 2 aromatic carbocycles. The molecule has 0 fully saturated rings. The molecule has 0 amide bonds. The lowest BCUT2D eigenvalue weighted by atomic mass is 10.0. The molecular weight excluding hydrogens is 414 g/mol. The smallest absolute Gasteiger partial charge is 0.411 e. The summed E-state index contributed by atoms with van der Waals surface area (Å²) in [5.74, 6) is -26.4. The van der Waals surface area contributed by atoms with Crippen molar-refractivity contribution in [3.05, 3.63) is 42.5 Å². The minimum absolute atomic E-state index is 0.459. The van der Waals surface area contributed by atoms with Crippen LogP contribution in [0.1, 0.15) is 0 Å². The Morgan fingerprint density at radius 3 is 2.11 bits per heavy atom. The van der Waals surface area contributed by atoms with Gasteiger partial charge in [-0.3, -0.25) is 0 Å². The van der Waals surface area contributed by atoms with Gasteiger partial charge in [-0.05, 0) is 24.3 Å². The number of thiophene rings is 1. The van der Waals surface area contributed by atoms with Crippen LogP contribution in [-0.2, 0) is 9.59 Å². The van der Waals surface area contributed by atoms with Crippen LogP contribution < -0.4 is 9.84 Å². The third kappa shape index (κ3) is 2.86. The third-order valence-corrected chi connectivity index (χ3v) is 5.01. The monoisotopic (exact) mass is 421 g/mol. The molecule has 1 heterocycles. The molecule has 0 unspecified atom stereocenters. The highest BCUT2D eigenvalue weighted by Crippen LogP contribution is 2.46. The number of benzene rings is 2. The first kappa shape index (κ1) is 19.9. The van der Waals surface area contributed by atoms with Crippen LogP contribution in [0.5, 0.6) is 5.75 Å². The number of esters is 1. The Balaban J connectivity index is 1.95. The highest BCUT2D eigenvalue weighted by molar-refractivity contribution is 7.25. The lowest BCUT2D eigenvalue weighted by Crippen LogP contribution is -2.64. The van der Waals surface area contributed by atoms with Crippen molar-refractivity contribution in [1.82, 2.24) is 0 Å². The van der Waals surface area contributed by atoms with Crippen molar-refractivity contribution in [2.24, 2.45) is 0 Å². The van der Waals surface area contributed by atoms with Crippen LogP contribution in [0.15, 0.2) is 42.5 Å². The zero-order valence-corrected chi connectivity index (χ0v) is 14.2. The van der Waals surface area contributed by atoms with Gasteiger partial charge in [-0.15, -0.1) is 11.3 Å². The number of ether oxygens (including phenoxy) is 1. The van der Waals surface area contributed by atoms with Crippen molar-refractivity contribution < 1.29 is 45.8 Å². The normalized spacial score (nSPS) is 13.1. The van der Waals surface area contributed by atoms with Gasteiger partial charge in [-0.25, -0.2) is 4.79 Å². The number of carboxylic acids is 1. The number of carbonyl (C=O) groups is 2. The standard InChI is InChI=1S/C17H8F6O4S/c18-15(19,13(24)25)17(22,23)16(20,21)14(26)27-8-5-6-12-10(7-8)9-3-1-2-4-11(9)28-12/h1-7H,(H,24,25)/p-1. The van der Waals surface area contributed by atoms with Crippen molar-refractivity contribution >= 4 is 43.4 Å². The fraction of sp³-hybridized carbons (Fsp3) is 0.176. The molecule has 0 atom stereocenters. The van der Waals surface area contributed by atoms with E-state index >= 15 is 0 Å². The fourth-order valence-electron chi connectivity index (χ4n) is 2.39. The molecule has 0 aliphatic rings. The van der Waals surface area contributed by atoms with E-state index < -0.39 is 35.5 Å². The summed E-state index contributed by atoms with van der Waals surface area (Å²) in [6.45, 7) is 0. The van der Waals surface area contributed by atoms with E-state index in [1.165, 1.54) is 17.4 Å². The van der Waals surface area contributed by atoms with Crippen molar-refractivity contribution in [1.29, 1.82) is 0 Å². The van der Waals surface area contributed by atoms with E-state index in [4.69, 9.17) is 0 Å². The Morgan fingerprint density at radius 2 is 1.46 bits per heavy atom. The Bertz CT molecular complexity index is 1090. The molecule has 4 nitrogen and oxygen atoms in total. The lowest BCUT2D eigenvalue weighted by molar-refractivity contribution is -0.365. The maximum absolute atomic E-state index is 13.6. The minimum Gasteiger partial charge on any atom is -0.544 e. The number of carbonyl (C=O) groups excluding carboxylic acids is 2. The Labute approximate surface area is 155 Å². The molecule has 3 aromatic rings. The van der Waals surface area contributed by atoms with Gasteiger partial charge in [-0.2, -0.15) is 26.3 Å². The van der Waals surface area contributed by atoms with Crippen molar-refractivity contribution in [3.8, 4) is 5.75 Å². The van der Waals surface area contributed by atoms with E-state index in [2.05, 4.69) is 4.74 Å². The van der Waals surface area contributed by atoms with Crippen LogP contribution in [0.2, 0.25) is 0 Å². The van der Waals surface area contributed by atoms with Gasteiger partial charge in [0, 0.05) is 20.2 Å². The SMILES string of the molecule is O=C([O-])C(F)(F)C(F)(F)C(F)(F)C(=O)Oc1ccc2sc3ccccc3c2c1. The molecule has 0 N–H and O–H groups in total. The third-order valence-electron chi connectivity index (χ3n) is 3.86. The molecule has 28 heavy (non-hydrogen) atoms. The van der Waals surface area contributed by atoms with Gasteiger partial charge in [0.25, 0.3) is 0 Å². The predicted molar refractivity (Wildman–Crippen MR) is 84.8 cm³/mol. The van der Waals surface area contributed by atoms with Crippen LogP contribution in [0.3, 0.4) is 0 Å². The van der Waals surface area contributed by atoms with Gasteiger partial charge in [0.1, 0.15) is 11.7 Å². The number of halogens is 6. The zero-order chi connectivity index (χ0) is 20.9.